The molecule has 0 N–H and O–H groups in total. The third-order valence-corrected chi connectivity index (χ3v) is 6.67. The Kier molecular flexibility index (Phi) is 4.94. The van der Waals surface area contributed by atoms with Crippen LogP contribution in [0.1, 0.15) is 0 Å². The van der Waals surface area contributed by atoms with Gasteiger partial charge < -0.3 is 0 Å². The van der Waals surface area contributed by atoms with E-state index >= 15 is 0 Å². The van der Waals surface area contributed by atoms with E-state index in [0.29, 0.717) is 0 Å². The molecule has 0 saturated heterocycles. The van der Waals surface area contributed by atoms with Crippen molar-refractivity contribution in [3.63, 3.8) is 0 Å². The maximum Gasteiger partial charge on any atom is 0.0490 e. The highest BCUT2D eigenvalue weighted by Crippen LogP contribution is 2.43. The van der Waals surface area contributed by atoms with E-state index in [1.807, 2.05) is 18.2 Å². The summed E-state index contributed by atoms with van der Waals surface area (Å²) >= 11 is 6.89. The van der Waals surface area contributed by atoms with Crippen LogP contribution in [0.2, 0.25) is 5.02 Å². The lowest BCUT2D eigenvalue weighted by molar-refractivity contribution is 1.58. The molecule has 0 bridgehead atoms. The van der Waals surface area contributed by atoms with E-state index in [9.17, 15) is 0 Å². The number of halogens is 1. The zero-order chi connectivity index (χ0) is 22.2. The van der Waals surface area contributed by atoms with Gasteiger partial charge in [0.15, 0.2) is 0 Å². The molecule has 0 heterocycles. The van der Waals surface area contributed by atoms with Crippen LogP contribution in [0.5, 0.6) is 0 Å². The van der Waals surface area contributed by atoms with Crippen LogP contribution in [0, 0.1) is 0 Å². The van der Waals surface area contributed by atoms with E-state index in [4.69, 9.17) is 11.6 Å². The fraction of sp³-hybridized carbons (Fsp3) is 0. The SMILES string of the molecule is Clc1cccc(-c2ccc(-c3ccccc3)cc2)c1-c1cc2ccccc2c2ccccc12. The van der Waals surface area contributed by atoms with Crippen molar-refractivity contribution < 1.29 is 0 Å². The fourth-order valence-corrected chi connectivity index (χ4v) is 5.05. The molecule has 6 aromatic rings. The summed E-state index contributed by atoms with van der Waals surface area (Å²) in [7, 11) is 0. The van der Waals surface area contributed by atoms with Crippen molar-refractivity contribution in [2.24, 2.45) is 0 Å². The Labute approximate surface area is 198 Å². The molecule has 0 atom stereocenters. The van der Waals surface area contributed by atoms with Crippen LogP contribution in [0.25, 0.3) is 54.9 Å². The van der Waals surface area contributed by atoms with Gasteiger partial charge in [0.05, 0.1) is 0 Å². The maximum absolute atomic E-state index is 6.89. The van der Waals surface area contributed by atoms with Gasteiger partial charge in [0.25, 0.3) is 0 Å². The molecule has 0 aliphatic rings. The lowest BCUT2D eigenvalue weighted by Gasteiger charge is -2.16. The molecule has 6 aromatic carbocycles. The molecule has 156 valence electrons. The summed E-state index contributed by atoms with van der Waals surface area (Å²) in [5.41, 5.74) is 6.97. The first kappa shape index (κ1) is 19.8. The van der Waals surface area contributed by atoms with E-state index in [2.05, 4.69) is 109 Å². The highest BCUT2D eigenvalue weighted by molar-refractivity contribution is 6.35. The van der Waals surface area contributed by atoms with Crippen LogP contribution < -0.4 is 0 Å². The Morgan fingerprint density at radius 3 is 1.79 bits per heavy atom. The van der Waals surface area contributed by atoms with Crippen LogP contribution in [0.4, 0.5) is 0 Å². The lowest BCUT2D eigenvalue weighted by Crippen LogP contribution is -1.90. The highest BCUT2D eigenvalue weighted by Gasteiger charge is 2.16. The van der Waals surface area contributed by atoms with E-state index in [-0.39, 0.29) is 0 Å². The van der Waals surface area contributed by atoms with E-state index < -0.39 is 0 Å². The van der Waals surface area contributed by atoms with Gasteiger partial charge in [-0.3, -0.25) is 0 Å². The lowest BCUT2D eigenvalue weighted by atomic mass is 9.88. The summed E-state index contributed by atoms with van der Waals surface area (Å²) in [5.74, 6) is 0. The molecular formula is C32H21Cl. The van der Waals surface area contributed by atoms with E-state index in [1.165, 1.54) is 32.7 Å². The molecule has 6 rings (SSSR count). The standard InChI is InChI=1S/C32H21Cl/c33-31-16-8-15-27(24-19-17-23(18-20-24)22-9-2-1-3-10-22)32(31)30-21-25-11-4-5-12-26(25)28-13-6-7-14-29(28)30/h1-21H. The largest absolute Gasteiger partial charge is 0.0836 e. The summed E-state index contributed by atoms with van der Waals surface area (Å²) in [6.45, 7) is 0. The number of hydrogen-bond acceptors (Lipinski definition) is 0. The molecule has 0 aromatic heterocycles. The van der Waals surface area contributed by atoms with Gasteiger partial charge in [0.1, 0.15) is 0 Å². The summed E-state index contributed by atoms with van der Waals surface area (Å²) < 4.78 is 0. The Morgan fingerprint density at radius 2 is 1.00 bits per heavy atom. The fourth-order valence-electron chi connectivity index (χ4n) is 4.77. The topological polar surface area (TPSA) is 0 Å². The molecule has 1 heteroatoms. The van der Waals surface area contributed by atoms with E-state index in [0.717, 1.165) is 27.3 Å². The second-order valence-corrected chi connectivity index (χ2v) is 8.70. The normalized spacial score (nSPS) is 11.2. The van der Waals surface area contributed by atoms with Gasteiger partial charge in [0.2, 0.25) is 0 Å². The Bertz CT molecular complexity index is 1600. The van der Waals surface area contributed by atoms with Crippen molar-refractivity contribution in [1.82, 2.24) is 0 Å². The number of rotatable bonds is 3. The van der Waals surface area contributed by atoms with Gasteiger partial charge >= 0.3 is 0 Å². The number of hydrogen-bond donors (Lipinski definition) is 0. The van der Waals surface area contributed by atoms with Crippen molar-refractivity contribution in [3.05, 3.63) is 132 Å². The molecule has 0 unspecified atom stereocenters. The van der Waals surface area contributed by atoms with Crippen molar-refractivity contribution in [2.45, 2.75) is 0 Å². The predicted molar refractivity (Wildman–Crippen MR) is 143 cm³/mol. The van der Waals surface area contributed by atoms with Gasteiger partial charge in [-0.05, 0) is 61.5 Å². The Hall–Kier alpha value is -3.87. The molecule has 0 nitrogen and oxygen atoms in total. The third kappa shape index (κ3) is 3.50. The zero-order valence-corrected chi connectivity index (χ0v) is 18.8. The second kappa shape index (κ2) is 8.24. The maximum atomic E-state index is 6.89. The van der Waals surface area contributed by atoms with E-state index in [1.54, 1.807) is 0 Å². The van der Waals surface area contributed by atoms with Crippen molar-refractivity contribution in [3.8, 4) is 33.4 Å². The second-order valence-electron chi connectivity index (χ2n) is 8.30. The van der Waals surface area contributed by atoms with Crippen LogP contribution >= 0.6 is 11.6 Å². The molecule has 0 aliphatic carbocycles. The average Bonchev–Trinajstić information content (AvgIpc) is 2.89. The molecular weight excluding hydrogens is 420 g/mol. The number of benzene rings is 6. The first-order chi connectivity index (χ1) is 16.3. The Balaban J connectivity index is 1.58. The minimum absolute atomic E-state index is 0.764. The Morgan fingerprint density at radius 1 is 0.394 bits per heavy atom. The monoisotopic (exact) mass is 440 g/mol. The highest BCUT2D eigenvalue weighted by atomic mass is 35.5. The molecule has 0 amide bonds. The predicted octanol–water partition coefficient (Wildman–Crippen LogP) is 9.65. The molecule has 0 spiro atoms. The van der Waals surface area contributed by atoms with Crippen LogP contribution in [0.15, 0.2) is 127 Å². The van der Waals surface area contributed by atoms with Crippen LogP contribution in [-0.2, 0) is 0 Å². The molecule has 33 heavy (non-hydrogen) atoms. The van der Waals surface area contributed by atoms with Crippen LogP contribution in [0.3, 0.4) is 0 Å². The first-order valence-corrected chi connectivity index (χ1v) is 11.5. The molecule has 0 radical (unpaired) electrons. The smallest absolute Gasteiger partial charge is 0.0490 e. The average molecular weight is 441 g/mol. The van der Waals surface area contributed by atoms with Gasteiger partial charge in [0, 0.05) is 10.6 Å². The summed E-state index contributed by atoms with van der Waals surface area (Å²) in [6.07, 6.45) is 0. The molecule has 0 saturated carbocycles. The van der Waals surface area contributed by atoms with Gasteiger partial charge in [-0.25, -0.2) is 0 Å². The summed E-state index contributed by atoms with van der Waals surface area (Å²) in [4.78, 5) is 0. The molecule has 0 aliphatic heterocycles. The van der Waals surface area contributed by atoms with Gasteiger partial charge in [-0.2, -0.15) is 0 Å². The van der Waals surface area contributed by atoms with Gasteiger partial charge in [-0.1, -0.05) is 127 Å². The van der Waals surface area contributed by atoms with Crippen molar-refractivity contribution in [2.75, 3.05) is 0 Å². The minimum Gasteiger partial charge on any atom is -0.0836 e. The molecule has 0 fully saturated rings. The zero-order valence-electron chi connectivity index (χ0n) is 18.0. The van der Waals surface area contributed by atoms with Crippen molar-refractivity contribution in [1.29, 1.82) is 0 Å². The minimum atomic E-state index is 0.764. The van der Waals surface area contributed by atoms with Gasteiger partial charge in [-0.15, -0.1) is 0 Å². The van der Waals surface area contributed by atoms with Crippen LogP contribution in [-0.4, -0.2) is 0 Å². The first-order valence-electron chi connectivity index (χ1n) is 11.1. The number of fused-ring (bicyclic) bond motifs is 3. The summed E-state index contributed by atoms with van der Waals surface area (Å²) in [5, 5.41) is 5.71. The third-order valence-electron chi connectivity index (χ3n) is 6.35. The quantitative estimate of drug-likeness (QED) is 0.240. The summed E-state index contributed by atoms with van der Waals surface area (Å²) in [6, 6.07) is 44.9. The van der Waals surface area contributed by atoms with Crippen molar-refractivity contribution >= 4 is 33.1 Å².